The fraction of sp³-hybridized carbons (Fsp3) is 1.00. The molecule has 0 amide bonds. The maximum Gasteiger partial charge on any atom is 0.0931 e. The van der Waals surface area contributed by atoms with Crippen LogP contribution in [0, 0.1) is 5.41 Å². The van der Waals surface area contributed by atoms with Crippen LogP contribution in [0.5, 0.6) is 0 Å². The van der Waals surface area contributed by atoms with E-state index in [2.05, 4.69) is 41.8 Å². The first-order chi connectivity index (χ1) is 5.16. The van der Waals surface area contributed by atoms with E-state index in [-0.39, 0.29) is 4.70 Å². The number of halogens is 1. The lowest BCUT2D eigenvalue weighted by Gasteiger charge is -2.53. The zero-order valence-corrected chi connectivity index (χ0v) is 9.95. The molecule has 1 aliphatic heterocycles. The molecule has 0 N–H and O–H groups in total. The summed E-state index contributed by atoms with van der Waals surface area (Å²) in [6.45, 7) is 10.9. The van der Waals surface area contributed by atoms with Gasteiger partial charge in [0.05, 0.1) is 26.2 Å². The average Bonchev–Trinajstić information content (AvgIpc) is 1.79. The SMILES string of the molecule is CC1(C)CCC(C)(C)[N+](C)(C)C1.[F-]. The van der Waals surface area contributed by atoms with Gasteiger partial charge in [-0.3, -0.25) is 0 Å². The molecule has 0 aromatic carbocycles. The van der Waals surface area contributed by atoms with Crippen molar-refractivity contribution in [1.29, 1.82) is 0 Å². The summed E-state index contributed by atoms with van der Waals surface area (Å²) < 4.78 is 1.17. The Morgan fingerprint density at radius 1 is 0.923 bits per heavy atom. The molecule has 0 unspecified atom stereocenters. The summed E-state index contributed by atoms with van der Waals surface area (Å²) in [7, 11) is 4.72. The van der Waals surface area contributed by atoms with Crippen LogP contribution in [0.2, 0.25) is 0 Å². The lowest BCUT2D eigenvalue weighted by molar-refractivity contribution is -0.949. The van der Waals surface area contributed by atoms with Gasteiger partial charge in [-0.15, -0.1) is 0 Å². The first-order valence-corrected chi connectivity index (χ1v) is 4.99. The molecule has 0 aliphatic carbocycles. The maximum atomic E-state index is 2.39. The van der Waals surface area contributed by atoms with Crippen LogP contribution in [0.4, 0.5) is 0 Å². The molecule has 1 fully saturated rings. The highest BCUT2D eigenvalue weighted by atomic mass is 19.0. The van der Waals surface area contributed by atoms with E-state index in [0.29, 0.717) is 11.0 Å². The van der Waals surface area contributed by atoms with Crippen LogP contribution in [0.15, 0.2) is 0 Å². The first-order valence-electron chi connectivity index (χ1n) is 4.99. The van der Waals surface area contributed by atoms with E-state index in [0.717, 1.165) is 0 Å². The topological polar surface area (TPSA) is 0 Å². The van der Waals surface area contributed by atoms with Crippen molar-refractivity contribution >= 4 is 0 Å². The third-order valence-electron chi connectivity index (χ3n) is 3.88. The van der Waals surface area contributed by atoms with Gasteiger partial charge >= 0.3 is 0 Å². The van der Waals surface area contributed by atoms with Crippen molar-refractivity contribution in [2.75, 3.05) is 20.6 Å². The molecule has 0 aromatic rings. The van der Waals surface area contributed by atoms with Gasteiger partial charge in [0, 0.05) is 11.8 Å². The van der Waals surface area contributed by atoms with Crippen LogP contribution in [0.25, 0.3) is 0 Å². The van der Waals surface area contributed by atoms with E-state index < -0.39 is 0 Å². The summed E-state index contributed by atoms with van der Waals surface area (Å²) in [5, 5.41) is 0. The smallest absolute Gasteiger partial charge is 0.0931 e. The zero-order chi connectivity index (χ0) is 9.62. The van der Waals surface area contributed by atoms with Gasteiger partial charge in [-0.05, 0) is 20.3 Å². The lowest BCUT2D eigenvalue weighted by atomic mass is 9.75. The quantitative estimate of drug-likeness (QED) is 0.458. The van der Waals surface area contributed by atoms with Crippen molar-refractivity contribution in [3.05, 3.63) is 0 Å². The fourth-order valence-corrected chi connectivity index (χ4v) is 2.31. The minimum Gasteiger partial charge on any atom is -1.00 e. The second-order valence-corrected chi connectivity index (χ2v) is 6.32. The van der Waals surface area contributed by atoms with Crippen LogP contribution in [-0.2, 0) is 0 Å². The Morgan fingerprint density at radius 2 is 1.38 bits per heavy atom. The van der Waals surface area contributed by atoms with Crippen molar-refractivity contribution in [1.82, 2.24) is 0 Å². The largest absolute Gasteiger partial charge is 1.00 e. The van der Waals surface area contributed by atoms with Gasteiger partial charge in [0.1, 0.15) is 0 Å². The van der Waals surface area contributed by atoms with Crippen molar-refractivity contribution in [2.45, 2.75) is 46.1 Å². The second kappa shape index (κ2) is 3.23. The fourth-order valence-electron chi connectivity index (χ4n) is 2.31. The number of likely N-dealkylation sites (tertiary alicyclic amines) is 1. The Kier molecular flexibility index (Phi) is 3.20. The minimum absolute atomic E-state index is 0. The minimum atomic E-state index is 0. The van der Waals surface area contributed by atoms with E-state index in [1.54, 1.807) is 0 Å². The molecule has 1 rings (SSSR count). The predicted octanol–water partition coefficient (Wildman–Crippen LogP) is -0.335. The highest BCUT2D eigenvalue weighted by Gasteiger charge is 2.45. The summed E-state index contributed by atoms with van der Waals surface area (Å²) in [5.74, 6) is 0. The van der Waals surface area contributed by atoms with Gasteiger partial charge in [-0.25, -0.2) is 0 Å². The van der Waals surface area contributed by atoms with Crippen LogP contribution in [0.3, 0.4) is 0 Å². The summed E-state index contributed by atoms with van der Waals surface area (Å²) >= 11 is 0. The van der Waals surface area contributed by atoms with Crippen LogP contribution in [-0.4, -0.2) is 30.7 Å². The highest BCUT2D eigenvalue weighted by molar-refractivity contribution is 4.82. The molecule has 0 radical (unpaired) electrons. The van der Waals surface area contributed by atoms with E-state index in [9.17, 15) is 0 Å². The van der Waals surface area contributed by atoms with Crippen molar-refractivity contribution in [3.63, 3.8) is 0 Å². The normalized spacial score (nSPS) is 29.1. The molecule has 0 atom stereocenters. The Bertz CT molecular complexity index is 183. The van der Waals surface area contributed by atoms with Gasteiger partial charge in [0.2, 0.25) is 0 Å². The number of hydrogen-bond acceptors (Lipinski definition) is 0. The maximum absolute atomic E-state index is 2.39. The molecule has 1 nitrogen and oxygen atoms in total. The summed E-state index contributed by atoms with van der Waals surface area (Å²) in [6, 6.07) is 0. The Hall–Kier alpha value is -0.110. The van der Waals surface area contributed by atoms with Gasteiger partial charge in [-0.1, -0.05) is 13.8 Å². The first kappa shape index (κ1) is 12.9. The Balaban J connectivity index is 0.00000144. The Labute approximate surface area is 82.1 Å². The monoisotopic (exact) mass is 189 g/mol. The molecule has 0 saturated carbocycles. The number of rotatable bonds is 0. The van der Waals surface area contributed by atoms with Gasteiger partial charge in [0.15, 0.2) is 0 Å². The number of hydrogen-bond donors (Lipinski definition) is 0. The van der Waals surface area contributed by atoms with E-state index in [1.165, 1.54) is 23.9 Å². The summed E-state index contributed by atoms with van der Waals surface area (Å²) in [4.78, 5) is 0. The molecule has 13 heavy (non-hydrogen) atoms. The van der Waals surface area contributed by atoms with Gasteiger partial charge in [-0.2, -0.15) is 0 Å². The van der Waals surface area contributed by atoms with Crippen molar-refractivity contribution < 1.29 is 9.19 Å². The van der Waals surface area contributed by atoms with Gasteiger partial charge in [0.25, 0.3) is 0 Å². The molecular weight excluding hydrogens is 165 g/mol. The van der Waals surface area contributed by atoms with Crippen LogP contribution >= 0.6 is 0 Å². The molecule has 1 aliphatic rings. The Morgan fingerprint density at radius 3 is 1.69 bits per heavy atom. The third kappa shape index (κ3) is 2.43. The molecule has 1 heterocycles. The van der Waals surface area contributed by atoms with Gasteiger partial charge < -0.3 is 9.19 Å². The molecule has 1 saturated heterocycles. The number of quaternary nitrogens is 1. The zero-order valence-electron chi connectivity index (χ0n) is 9.95. The van der Waals surface area contributed by atoms with E-state index in [1.807, 2.05) is 0 Å². The molecule has 2 heteroatoms. The highest BCUT2D eigenvalue weighted by Crippen LogP contribution is 2.40. The molecular formula is C11H24FN. The molecule has 80 valence electrons. The molecule has 0 spiro atoms. The van der Waals surface area contributed by atoms with Crippen molar-refractivity contribution in [3.8, 4) is 0 Å². The van der Waals surface area contributed by atoms with Crippen molar-refractivity contribution in [2.24, 2.45) is 5.41 Å². The van der Waals surface area contributed by atoms with E-state index in [4.69, 9.17) is 0 Å². The molecule has 0 aromatic heterocycles. The van der Waals surface area contributed by atoms with E-state index >= 15 is 0 Å². The third-order valence-corrected chi connectivity index (χ3v) is 3.88. The molecule has 0 bridgehead atoms. The van der Waals surface area contributed by atoms with Crippen LogP contribution < -0.4 is 4.70 Å². The summed E-state index contributed by atoms with van der Waals surface area (Å²) in [6.07, 6.45) is 2.73. The second-order valence-electron chi connectivity index (χ2n) is 6.32. The standard InChI is InChI=1S/C11H24N.FH/c1-10(2)7-8-11(3,4)12(5,6)9-10;/h7-9H2,1-6H3;1H/q+1;/p-1. The summed E-state index contributed by atoms with van der Waals surface area (Å²) in [5.41, 5.74) is 1.01. The average molecular weight is 189 g/mol. The predicted molar refractivity (Wildman–Crippen MR) is 54.1 cm³/mol. The number of piperidine rings is 1. The lowest BCUT2D eigenvalue weighted by Crippen LogP contribution is -3.00. The number of nitrogens with zero attached hydrogens (tertiary/aromatic N) is 1. The van der Waals surface area contributed by atoms with Crippen LogP contribution in [0.1, 0.15) is 40.5 Å².